The first kappa shape index (κ1) is 10.7. The monoisotopic (exact) mass is 220 g/mol. The van der Waals surface area contributed by atoms with E-state index >= 15 is 0 Å². The summed E-state index contributed by atoms with van der Waals surface area (Å²) in [4.78, 5) is 0.524. The molecule has 72 valence electrons. The molecule has 0 aliphatic carbocycles. The summed E-state index contributed by atoms with van der Waals surface area (Å²) in [6.45, 7) is 0. The lowest BCUT2D eigenvalue weighted by Crippen LogP contribution is -1.92. The van der Waals surface area contributed by atoms with Gasteiger partial charge in [0.2, 0.25) is 0 Å². The van der Waals surface area contributed by atoms with Gasteiger partial charge in [0.25, 0.3) is 0 Å². The lowest BCUT2D eigenvalue weighted by atomic mass is 10.2. The van der Waals surface area contributed by atoms with Crippen LogP contribution in [0.2, 0.25) is 0 Å². The maximum Gasteiger partial charge on any atom is 0.140 e. The van der Waals surface area contributed by atoms with Crippen molar-refractivity contribution in [3.05, 3.63) is 23.5 Å². The molecule has 0 N–H and O–H groups in total. The summed E-state index contributed by atoms with van der Waals surface area (Å²) in [5.41, 5.74) is 0.730. The number of rotatable bonds is 3. The molecule has 1 rings (SSSR count). The minimum absolute atomic E-state index is 0.275. The SMILES string of the molecule is COc1cc(CCl)cc(F)c1SC. The Hall–Kier alpha value is -0.410. The summed E-state index contributed by atoms with van der Waals surface area (Å²) in [7, 11) is 1.52. The normalized spacial score (nSPS) is 10.2. The summed E-state index contributed by atoms with van der Waals surface area (Å²) >= 11 is 6.92. The van der Waals surface area contributed by atoms with Gasteiger partial charge >= 0.3 is 0 Å². The molecule has 0 spiro atoms. The van der Waals surface area contributed by atoms with Crippen LogP contribution in [0, 0.1) is 5.82 Å². The van der Waals surface area contributed by atoms with Crippen molar-refractivity contribution in [1.29, 1.82) is 0 Å². The lowest BCUT2D eigenvalue weighted by Gasteiger charge is -2.08. The summed E-state index contributed by atoms with van der Waals surface area (Å²) in [6, 6.07) is 3.18. The molecule has 0 radical (unpaired) electrons. The number of hydrogen-bond acceptors (Lipinski definition) is 2. The molecule has 0 bridgehead atoms. The smallest absolute Gasteiger partial charge is 0.140 e. The average Bonchev–Trinajstić information content (AvgIpc) is 2.16. The first-order chi connectivity index (χ1) is 6.22. The minimum Gasteiger partial charge on any atom is -0.495 e. The van der Waals surface area contributed by atoms with E-state index in [1.807, 2.05) is 0 Å². The summed E-state index contributed by atoms with van der Waals surface area (Å²) < 4.78 is 18.4. The Morgan fingerprint density at radius 2 is 2.23 bits per heavy atom. The molecule has 0 amide bonds. The van der Waals surface area contributed by atoms with E-state index in [1.165, 1.54) is 24.9 Å². The summed E-state index contributed by atoms with van der Waals surface area (Å²) in [5, 5.41) is 0. The van der Waals surface area contributed by atoms with Gasteiger partial charge in [-0.1, -0.05) is 0 Å². The van der Waals surface area contributed by atoms with Crippen LogP contribution in [0.3, 0.4) is 0 Å². The quantitative estimate of drug-likeness (QED) is 0.571. The molecule has 0 aromatic heterocycles. The van der Waals surface area contributed by atoms with Crippen molar-refractivity contribution in [2.24, 2.45) is 0 Å². The van der Waals surface area contributed by atoms with E-state index in [-0.39, 0.29) is 5.82 Å². The molecule has 13 heavy (non-hydrogen) atoms. The van der Waals surface area contributed by atoms with Gasteiger partial charge in [0.05, 0.1) is 12.0 Å². The van der Waals surface area contributed by atoms with Gasteiger partial charge in [-0.25, -0.2) is 4.39 Å². The molecule has 0 aliphatic heterocycles. The van der Waals surface area contributed by atoms with Crippen LogP contribution >= 0.6 is 23.4 Å². The van der Waals surface area contributed by atoms with Crippen molar-refractivity contribution in [3.63, 3.8) is 0 Å². The van der Waals surface area contributed by atoms with Crippen molar-refractivity contribution in [2.45, 2.75) is 10.8 Å². The van der Waals surface area contributed by atoms with Gasteiger partial charge in [0.1, 0.15) is 11.6 Å². The fourth-order valence-corrected chi connectivity index (χ4v) is 1.80. The van der Waals surface area contributed by atoms with Gasteiger partial charge in [-0.3, -0.25) is 0 Å². The molecule has 1 aromatic rings. The Morgan fingerprint density at radius 1 is 1.54 bits per heavy atom. The van der Waals surface area contributed by atoms with Crippen LogP contribution in [0.5, 0.6) is 5.75 Å². The molecule has 1 nitrogen and oxygen atoms in total. The standard InChI is InChI=1S/C9H10ClFOS/c1-12-8-4-6(5-10)3-7(11)9(8)13-2/h3-4H,5H2,1-2H3. The highest BCUT2D eigenvalue weighted by atomic mass is 35.5. The van der Waals surface area contributed by atoms with Crippen molar-refractivity contribution in [3.8, 4) is 5.75 Å². The van der Waals surface area contributed by atoms with E-state index in [9.17, 15) is 4.39 Å². The third kappa shape index (κ3) is 2.29. The zero-order chi connectivity index (χ0) is 9.84. The van der Waals surface area contributed by atoms with Crippen LogP contribution in [-0.2, 0) is 5.88 Å². The molecular formula is C9H10ClFOS. The molecule has 1 aromatic carbocycles. The van der Waals surface area contributed by atoms with Crippen LogP contribution < -0.4 is 4.74 Å². The van der Waals surface area contributed by atoms with Crippen LogP contribution in [-0.4, -0.2) is 13.4 Å². The fraction of sp³-hybridized carbons (Fsp3) is 0.333. The maximum absolute atomic E-state index is 13.3. The molecule has 0 saturated heterocycles. The molecule has 0 aliphatic rings. The second kappa shape index (κ2) is 4.72. The minimum atomic E-state index is -0.275. The summed E-state index contributed by atoms with van der Waals surface area (Å²) in [6.07, 6.45) is 1.81. The third-order valence-electron chi connectivity index (χ3n) is 1.65. The van der Waals surface area contributed by atoms with Crippen molar-refractivity contribution in [2.75, 3.05) is 13.4 Å². The number of benzene rings is 1. The van der Waals surface area contributed by atoms with Gasteiger partial charge < -0.3 is 4.74 Å². The number of alkyl halides is 1. The number of methoxy groups -OCH3 is 1. The topological polar surface area (TPSA) is 9.23 Å². The molecule has 4 heteroatoms. The van der Waals surface area contributed by atoms with E-state index in [4.69, 9.17) is 16.3 Å². The second-order valence-corrected chi connectivity index (χ2v) is 3.53. The van der Waals surface area contributed by atoms with Gasteiger partial charge in [0, 0.05) is 5.88 Å². The van der Waals surface area contributed by atoms with Crippen molar-refractivity contribution < 1.29 is 9.13 Å². The van der Waals surface area contributed by atoms with Crippen LogP contribution in [0.4, 0.5) is 4.39 Å². The first-order valence-corrected chi connectivity index (χ1v) is 5.45. The predicted molar refractivity (Wildman–Crippen MR) is 54.3 cm³/mol. The van der Waals surface area contributed by atoms with E-state index in [2.05, 4.69) is 0 Å². The van der Waals surface area contributed by atoms with Crippen LogP contribution in [0.1, 0.15) is 5.56 Å². The third-order valence-corrected chi connectivity index (χ3v) is 2.76. The zero-order valence-electron chi connectivity index (χ0n) is 7.43. The number of ether oxygens (including phenoxy) is 1. The second-order valence-electron chi connectivity index (χ2n) is 2.45. The highest BCUT2D eigenvalue weighted by molar-refractivity contribution is 7.98. The Labute approximate surface area is 86.2 Å². The van der Waals surface area contributed by atoms with Crippen LogP contribution in [0.25, 0.3) is 0 Å². The molecule has 0 atom stereocenters. The van der Waals surface area contributed by atoms with Crippen LogP contribution in [0.15, 0.2) is 17.0 Å². The van der Waals surface area contributed by atoms with E-state index in [0.29, 0.717) is 16.5 Å². The Balaban J connectivity index is 3.20. The van der Waals surface area contributed by atoms with Crippen molar-refractivity contribution >= 4 is 23.4 Å². The Bertz CT molecular complexity index is 304. The number of halogens is 2. The van der Waals surface area contributed by atoms with Gasteiger partial charge in [-0.05, 0) is 24.0 Å². The first-order valence-electron chi connectivity index (χ1n) is 3.69. The largest absolute Gasteiger partial charge is 0.495 e. The lowest BCUT2D eigenvalue weighted by molar-refractivity contribution is 0.397. The average molecular weight is 221 g/mol. The highest BCUT2D eigenvalue weighted by Crippen LogP contribution is 2.31. The molecular weight excluding hydrogens is 211 g/mol. The van der Waals surface area contributed by atoms with Gasteiger partial charge in [0.15, 0.2) is 0 Å². The Morgan fingerprint density at radius 3 is 2.69 bits per heavy atom. The predicted octanol–water partition coefficient (Wildman–Crippen LogP) is 3.30. The van der Waals surface area contributed by atoms with E-state index in [0.717, 1.165) is 5.56 Å². The zero-order valence-corrected chi connectivity index (χ0v) is 9.01. The number of hydrogen-bond donors (Lipinski definition) is 0. The van der Waals surface area contributed by atoms with Gasteiger partial charge in [-0.15, -0.1) is 23.4 Å². The highest BCUT2D eigenvalue weighted by Gasteiger charge is 2.09. The van der Waals surface area contributed by atoms with E-state index in [1.54, 1.807) is 12.3 Å². The molecule has 0 heterocycles. The van der Waals surface area contributed by atoms with Gasteiger partial charge in [-0.2, -0.15) is 0 Å². The molecule has 0 saturated carbocycles. The maximum atomic E-state index is 13.3. The molecule has 0 fully saturated rings. The van der Waals surface area contributed by atoms with Crippen molar-refractivity contribution in [1.82, 2.24) is 0 Å². The summed E-state index contributed by atoms with van der Waals surface area (Å²) in [5.74, 6) is 0.563. The fourth-order valence-electron chi connectivity index (χ4n) is 1.05. The van der Waals surface area contributed by atoms with E-state index < -0.39 is 0 Å². The number of thioether (sulfide) groups is 1. The molecule has 0 unspecified atom stereocenters. The Kier molecular flexibility index (Phi) is 3.88.